The van der Waals surface area contributed by atoms with Crippen LogP contribution in [-0.4, -0.2) is 25.8 Å². The van der Waals surface area contributed by atoms with E-state index < -0.39 is 0 Å². The van der Waals surface area contributed by atoms with Crippen molar-refractivity contribution in [3.8, 4) is 34.2 Å². The van der Waals surface area contributed by atoms with Crippen LogP contribution >= 0.6 is 0 Å². The minimum atomic E-state index is 0.0628. The van der Waals surface area contributed by atoms with Gasteiger partial charge in [-0.25, -0.2) is 9.97 Å². The first-order valence-corrected chi connectivity index (χ1v) is 19.9. The van der Waals surface area contributed by atoms with Gasteiger partial charge in [0.25, 0.3) is 0 Å². The molecule has 0 bridgehead atoms. The van der Waals surface area contributed by atoms with E-state index in [2.05, 4.69) is 210 Å². The zero-order chi connectivity index (χ0) is 38.6. The maximum absolute atomic E-state index is 5.41. The highest BCUT2D eigenvalue weighted by molar-refractivity contribution is 6.95. The predicted octanol–water partition coefficient (Wildman–Crippen LogP) is 10.8. The van der Waals surface area contributed by atoms with E-state index in [4.69, 9.17) is 9.97 Å². The molecule has 0 atom stereocenters. The van der Waals surface area contributed by atoms with Gasteiger partial charge in [-0.3, -0.25) is 9.13 Å². The summed E-state index contributed by atoms with van der Waals surface area (Å²) < 4.78 is 4.75. The summed E-state index contributed by atoms with van der Waals surface area (Å²) in [6.07, 6.45) is 0. The average molecular weight is 741 g/mol. The van der Waals surface area contributed by atoms with Crippen molar-refractivity contribution in [3.05, 3.63) is 212 Å². The third-order valence-electron chi connectivity index (χ3n) is 11.5. The molecule has 0 aliphatic rings. The highest BCUT2D eigenvalue weighted by atomic mass is 15.1. The molecule has 0 saturated carbocycles. The van der Waals surface area contributed by atoms with Crippen molar-refractivity contribution in [1.29, 1.82) is 0 Å². The highest BCUT2D eigenvalue weighted by Crippen LogP contribution is 2.41. The van der Waals surface area contributed by atoms with Gasteiger partial charge in [0.1, 0.15) is 11.6 Å². The number of nitrogens with zero attached hydrogens (tertiary/aromatic N) is 4. The van der Waals surface area contributed by atoms with Crippen LogP contribution in [0.3, 0.4) is 0 Å². The fraction of sp³-hybridized carbons (Fsp3) is 0.0189. The SMILES string of the molecule is Cc1ccc2c(c1)c1ccc3c4cc(B(c5ccccc5)c5ccccc5)ccc4n(-c4cccc(-c5ccccc5)n4)c3c1n2-c1cccc(-c2ccccc2)n1. The molecule has 0 unspecified atom stereocenters. The molecule has 4 heterocycles. The molecule has 5 heteroatoms. The Labute approximate surface area is 337 Å². The lowest BCUT2D eigenvalue weighted by molar-refractivity contribution is 1.06. The standard InChI is InChI=1S/C53H37BN4/c1-36-28-32-48-44(34-36)42-30-31-43-45-35-41(54(39-20-10-4-11-21-39)40-22-12-5-13-23-40)29-33-49(45)58(51-27-15-25-47(56-51)38-18-8-3-9-19-38)53(43)52(42)57(48)50-26-14-24-46(55-50)37-16-6-2-7-17-37/h2-35H,1H3. The van der Waals surface area contributed by atoms with Gasteiger partial charge in [-0.2, -0.15) is 0 Å². The second-order valence-electron chi connectivity index (χ2n) is 15.1. The quantitative estimate of drug-likeness (QED) is 0.153. The van der Waals surface area contributed by atoms with Crippen LogP contribution in [0.5, 0.6) is 0 Å². The summed E-state index contributed by atoms with van der Waals surface area (Å²) in [5, 5.41) is 4.71. The molecule has 0 aliphatic heterocycles. The van der Waals surface area contributed by atoms with E-state index in [1.165, 1.54) is 38.1 Å². The monoisotopic (exact) mass is 740 g/mol. The average Bonchev–Trinajstić information content (AvgIpc) is 3.80. The van der Waals surface area contributed by atoms with Crippen LogP contribution in [0.25, 0.3) is 77.8 Å². The topological polar surface area (TPSA) is 35.6 Å². The summed E-state index contributed by atoms with van der Waals surface area (Å²) in [6, 6.07) is 73.7. The minimum Gasteiger partial charge on any atom is -0.292 e. The van der Waals surface area contributed by atoms with Crippen LogP contribution in [0.15, 0.2) is 206 Å². The fourth-order valence-electron chi connectivity index (χ4n) is 8.89. The zero-order valence-corrected chi connectivity index (χ0v) is 32.0. The van der Waals surface area contributed by atoms with Crippen LogP contribution in [0.1, 0.15) is 5.56 Å². The zero-order valence-electron chi connectivity index (χ0n) is 32.0. The molecule has 0 amide bonds. The fourth-order valence-corrected chi connectivity index (χ4v) is 8.89. The van der Waals surface area contributed by atoms with Gasteiger partial charge in [-0.15, -0.1) is 0 Å². The van der Waals surface area contributed by atoms with Crippen molar-refractivity contribution in [2.24, 2.45) is 0 Å². The van der Waals surface area contributed by atoms with Crippen molar-refractivity contribution in [1.82, 2.24) is 19.1 Å². The molecule has 0 saturated heterocycles. The van der Waals surface area contributed by atoms with E-state index in [0.29, 0.717) is 0 Å². The van der Waals surface area contributed by atoms with Gasteiger partial charge >= 0.3 is 0 Å². The lowest BCUT2D eigenvalue weighted by Gasteiger charge is -2.16. The molecule has 0 radical (unpaired) electrons. The molecule has 11 rings (SSSR count). The van der Waals surface area contributed by atoms with Gasteiger partial charge in [0, 0.05) is 32.7 Å². The van der Waals surface area contributed by atoms with Gasteiger partial charge in [-0.05, 0) is 49.4 Å². The van der Waals surface area contributed by atoms with Gasteiger partial charge < -0.3 is 0 Å². The Morgan fingerprint density at radius 1 is 0.362 bits per heavy atom. The Morgan fingerprint density at radius 3 is 1.31 bits per heavy atom. The largest absolute Gasteiger partial charge is 0.292 e. The van der Waals surface area contributed by atoms with Crippen LogP contribution in [-0.2, 0) is 0 Å². The Kier molecular flexibility index (Phi) is 8.11. The number of aromatic nitrogens is 4. The Morgan fingerprint density at radius 2 is 0.810 bits per heavy atom. The molecule has 4 aromatic heterocycles. The van der Waals surface area contributed by atoms with Gasteiger partial charge in [-0.1, -0.05) is 186 Å². The Bertz CT molecular complexity index is 3240. The van der Waals surface area contributed by atoms with E-state index in [1.54, 1.807) is 0 Å². The van der Waals surface area contributed by atoms with Crippen LogP contribution < -0.4 is 16.4 Å². The van der Waals surface area contributed by atoms with E-state index in [-0.39, 0.29) is 6.71 Å². The van der Waals surface area contributed by atoms with E-state index in [9.17, 15) is 0 Å². The summed E-state index contributed by atoms with van der Waals surface area (Å²) in [7, 11) is 0. The molecule has 0 N–H and O–H groups in total. The third-order valence-corrected chi connectivity index (χ3v) is 11.5. The smallest absolute Gasteiger partial charge is 0.241 e. The summed E-state index contributed by atoms with van der Waals surface area (Å²) in [5.41, 5.74) is 13.4. The molecule has 11 aromatic rings. The maximum Gasteiger partial charge on any atom is 0.241 e. The molecule has 0 aliphatic carbocycles. The summed E-state index contributed by atoms with van der Waals surface area (Å²) in [4.78, 5) is 10.8. The highest BCUT2D eigenvalue weighted by Gasteiger charge is 2.26. The molecule has 272 valence electrons. The molecular weight excluding hydrogens is 703 g/mol. The molecule has 0 fully saturated rings. The number of hydrogen-bond donors (Lipinski definition) is 0. The lowest BCUT2D eigenvalue weighted by atomic mass is 9.37. The predicted molar refractivity (Wildman–Crippen MR) is 244 cm³/mol. The summed E-state index contributed by atoms with van der Waals surface area (Å²) in [6.45, 7) is 2.23. The number of pyridine rings is 2. The van der Waals surface area contributed by atoms with Crippen molar-refractivity contribution in [2.75, 3.05) is 0 Å². The Hall–Kier alpha value is -7.50. The first kappa shape index (κ1) is 33.8. The van der Waals surface area contributed by atoms with E-state index in [1.807, 2.05) is 12.1 Å². The van der Waals surface area contributed by atoms with Crippen LogP contribution in [0.4, 0.5) is 0 Å². The van der Waals surface area contributed by atoms with Crippen LogP contribution in [0, 0.1) is 6.92 Å². The summed E-state index contributed by atoms with van der Waals surface area (Å²) >= 11 is 0. The van der Waals surface area contributed by atoms with Crippen molar-refractivity contribution in [2.45, 2.75) is 6.92 Å². The third kappa shape index (κ3) is 5.62. The minimum absolute atomic E-state index is 0.0628. The summed E-state index contributed by atoms with van der Waals surface area (Å²) in [5.74, 6) is 1.73. The van der Waals surface area contributed by atoms with Crippen molar-refractivity contribution < 1.29 is 0 Å². The number of aryl methyl sites for hydroxylation is 1. The lowest BCUT2D eigenvalue weighted by Crippen LogP contribution is -2.51. The Balaban J connectivity index is 1.26. The number of fused-ring (bicyclic) bond motifs is 7. The van der Waals surface area contributed by atoms with Gasteiger partial charge in [0.2, 0.25) is 6.71 Å². The van der Waals surface area contributed by atoms with E-state index in [0.717, 1.165) is 61.6 Å². The molecule has 0 spiro atoms. The second kappa shape index (κ2) is 13.9. The van der Waals surface area contributed by atoms with Gasteiger partial charge in [0.05, 0.1) is 33.5 Å². The van der Waals surface area contributed by atoms with Gasteiger partial charge in [0.15, 0.2) is 0 Å². The molecule has 58 heavy (non-hydrogen) atoms. The molecule has 7 aromatic carbocycles. The van der Waals surface area contributed by atoms with E-state index >= 15 is 0 Å². The van der Waals surface area contributed by atoms with Crippen molar-refractivity contribution in [3.63, 3.8) is 0 Å². The number of rotatable bonds is 7. The first-order valence-electron chi connectivity index (χ1n) is 19.9. The number of hydrogen-bond acceptors (Lipinski definition) is 2. The molecular formula is C53H37BN4. The molecule has 4 nitrogen and oxygen atoms in total. The number of benzene rings is 7. The second-order valence-corrected chi connectivity index (χ2v) is 15.1. The maximum atomic E-state index is 5.41. The normalized spacial score (nSPS) is 11.5. The van der Waals surface area contributed by atoms with Crippen LogP contribution in [0.2, 0.25) is 0 Å². The first-order chi connectivity index (χ1) is 28.7. The van der Waals surface area contributed by atoms with Crippen molar-refractivity contribution >= 4 is 66.7 Å².